The minimum atomic E-state index is 0.144. The molecule has 0 aliphatic heterocycles. The summed E-state index contributed by atoms with van der Waals surface area (Å²) in [5, 5.41) is 6.00. The van der Waals surface area contributed by atoms with E-state index >= 15 is 0 Å². The van der Waals surface area contributed by atoms with E-state index in [0.29, 0.717) is 6.42 Å². The molecular formula is C11H25N3O. The lowest BCUT2D eigenvalue weighted by Crippen LogP contribution is -2.33. The second-order valence-electron chi connectivity index (χ2n) is 4.23. The molecule has 0 heterocycles. The molecule has 15 heavy (non-hydrogen) atoms. The van der Waals surface area contributed by atoms with E-state index in [9.17, 15) is 4.79 Å². The number of amides is 1. The Hall–Kier alpha value is -0.610. The lowest BCUT2D eigenvalue weighted by molar-refractivity contribution is -0.121. The predicted molar refractivity (Wildman–Crippen MR) is 63.9 cm³/mol. The van der Waals surface area contributed by atoms with Crippen LogP contribution in [-0.4, -0.2) is 50.6 Å². The van der Waals surface area contributed by atoms with Gasteiger partial charge in [0, 0.05) is 19.0 Å². The molecule has 0 aromatic rings. The minimum Gasteiger partial charge on any atom is -0.354 e. The Bertz CT molecular complexity index is 171. The Balaban J connectivity index is 3.44. The number of nitrogens with zero attached hydrogens (tertiary/aromatic N) is 1. The molecule has 1 amide bonds. The number of nitrogens with one attached hydrogen (secondary N) is 2. The molecule has 0 unspecified atom stereocenters. The lowest BCUT2D eigenvalue weighted by atomic mass is 10.3. The third-order valence-electron chi connectivity index (χ3n) is 2.14. The molecule has 0 bridgehead atoms. The number of rotatable bonds is 8. The highest BCUT2D eigenvalue weighted by molar-refractivity contribution is 5.76. The summed E-state index contributed by atoms with van der Waals surface area (Å²) in [5.41, 5.74) is 0. The summed E-state index contributed by atoms with van der Waals surface area (Å²) >= 11 is 0. The quantitative estimate of drug-likeness (QED) is 0.578. The standard InChI is InChI=1S/C11H25N3O/c1-10(2)13-11(15)6-9-14(4)8-5-7-12-3/h10,12H,5-9H2,1-4H3,(H,13,15). The van der Waals surface area contributed by atoms with Gasteiger partial charge in [0.25, 0.3) is 0 Å². The van der Waals surface area contributed by atoms with E-state index in [2.05, 4.69) is 22.6 Å². The molecule has 0 radical (unpaired) electrons. The van der Waals surface area contributed by atoms with Gasteiger partial charge in [0.05, 0.1) is 0 Å². The van der Waals surface area contributed by atoms with Gasteiger partial charge in [-0.05, 0) is 47.5 Å². The van der Waals surface area contributed by atoms with Crippen LogP contribution in [0.5, 0.6) is 0 Å². The first-order valence-electron chi connectivity index (χ1n) is 5.68. The topological polar surface area (TPSA) is 44.4 Å². The first kappa shape index (κ1) is 14.4. The Labute approximate surface area is 93.4 Å². The smallest absolute Gasteiger partial charge is 0.221 e. The van der Waals surface area contributed by atoms with Crippen molar-refractivity contribution in [3.05, 3.63) is 0 Å². The molecule has 4 heteroatoms. The van der Waals surface area contributed by atoms with Gasteiger partial charge in [0.2, 0.25) is 5.91 Å². The molecule has 0 saturated carbocycles. The van der Waals surface area contributed by atoms with Gasteiger partial charge in [-0.3, -0.25) is 4.79 Å². The van der Waals surface area contributed by atoms with Crippen molar-refractivity contribution in [2.24, 2.45) is 0 Å². The molecule has 90 valence electrons. The molecule has 0 aliphatic carbocycles. The molecule has 0 aromatic heterocycles. The van der Waals surface area contributed by atoms with Crippen LogP contribution in [0.3, 0.4) is 0 Å². The van der Waals surface area contributed by atoms with E-state index < -0.39 is 0 Å². The van der Waals surface area contributed by atoms with Crippen LogP contribution in [0.1, 0.15) is 26.7 Å². The monoisotopic (exact) mass is 215 g/mol. The maximum Gasteiger partial charge on any atom is 0.221 e. The van der Waals surface area contributed by atoms with E-state index in [1.807, 2.05) is 20.9 Å². The number of hydrogen-bond acceptors (Lipinski definition) is 3. The van der Waals surface area contributed by atoms with Crippen molar-refractivity contribution < 1.29 is 4.79 Å². The zero-order valence-electron chi connectivity index (χ0n) is 10.5. The number of carbonyl (C=O) groups excluding carboxylic acids is 1. The van der Waals surface area contributed by atoms with Crippen LogP contribution in [-0.2, 0) is 4.79 Å². The number of carbonyl (C=O) groups is 1. The SMILES string of the molecule is CNCCCN(C)CCC(=O)NC(C)C. The Morgan fingerprint density at radius 2 is 2.00 bits per heavy atom. The summed E-state index contributed by atoms with van der Waals surface area (Å²) < 4.78 is 0. The molecule has 0 rings (SSSR count). The van der Waals surface area contributed by atoms with Crippen molar-refractivity contribution in [3.8, 4) is 0 Å². The summed E-state index contributed by atoms with van der Waals surface area (Å²) in [6.45, 7) is 6.86. The molecule has 0 aromatic carbocycles. The van der Waals surface area contributed by atoms with Gasteiger partial charge in [-0.1, -0.05) is 0 Å². The van der Waals surface area contributed by atoms with Crippen LogP contribution in [0.2, 0.25) is 0 Å². The summed E-state index contributed by atoms with van der Waals surface area (Å²) in [7, 11) is 4.01. The van der Waals surface area contributed by atoms with Gasteiger partial charge in [0.1, 0.15) is 0 Å². The number of hydrogen-bond donors (Lipinski definition) is 2. The van der Waals surface area contributed by atoms with Crippen LogP contribution < -0.4 is 10.6 Å². The van der Waals surface area contributed by atoms with Crippen LogP contribution >= 0.6 is 0 Å². The fraction of sp³-hybridized carbons (Fsp3) is 0.909. The predicted octanol–water partition coefficient (Wildman–Crippen LogP) is 0.442. The fourth-order valence-corrected chi connectivity index (χ4v) is 1.32. The van der Waals surface area contributed by atoms with Crippen molar-refractivity contribution in [3.63, 3.8) is 0 Å². The van der Waals surface area contributed by atoms with Gasteiger partial charge in [-0.25, -0.2) is 0 Å². The highest BCUT2D eigenvalue weighted by Crippen LogP contribution is 1.91. The first-order valence-corrected chi connectivity index (χ1v) is 5.68. The van der Waals surface area contributed by atoms with Crippen LogP contribution in [0.4, 0.5) is 0 Å². The summed E-state index contributed by atoms with van der Waals surface area (Å²) in [5.74, 6) is 0.144. The Morgan fingerprint density at radius 1 is 1.33 bits per heavy atom. The van der Waals surface area contributed by atoms with Crippen LogP contribution in [0.15, 0.2) is 0 Å². The second kappa shape index (κ2) is 8.68. The average Bonchev–Trinajstić information content (AvgIpc) is 2.14. The minimum absolute atomic E-state index is 0.144. The van der Waals surface area contributed by atoms with Crippen molar-refractivity contribution in [2.45, 2.75) is 32.7 Å². The highest BCUT2D eigenvalue weighted by Gasteiger charge is 2.05. The maximum atomic E-state index is 11.3. The third kappa shape index (κ3) is 9.69. The normalized spacial score (nSPS) is 11.1. The largest absolute Gasteiger partial charge is 0.354 e. The summed E-state index contributed by atoms with van der Waals surface area (Å²) in [6.07, 6.45) is 1.72. The Kier molecular flexibility index (Phi) is 8.33. The maximum absolute atomic E-state index is 11.3. The van der Waals surface area contributed by atoms with Crippen LogP contribution in [0.25, 0.3) is 0 Å². The average molecular weight is 215 g/mol. The van der Waals surface area contributed by atoms with Crippen molar-refractivity contribution in [1.82, 2.24) is 15.5 Å². The van der Waals surface area contributed by atoms with Gasteiger partial charge in [-0.2, -0.15) is 0 Å². The third-order valence-corrected chi connectivity index (χ3v) is 2.14. The summed E-state index contributed by atoms with van der Waals surface area (Å²) in [6, 6.07) is 0.243. The zero-order chi connectivity index (χ0) is 11.7. The van der Waals surface area contributed by atoms with Gasteiger partial charge < -0.3 is 15.5 Å². The summed E-state index contributed by atoms with van der Waals surface area (Å²) in [4.78, 5) is 13.5. The van der Waals surface area contributed by atoms with Gasteiger partial charge in [-0.15, -0.1) is 0 Å². The van der Waals surface area contributed by atoms with Crippen molar-refractivity contribution >= 4 is 5.91 Å². The zero-order valence-corrected chi connectivity index (χ0v) is 10.5. The van der Waals surface area contributed by atoms with E-state index in [1.165, 1.54) is 0 Å². The molecule has 4 nitrogen and oxygen atoms in total. The van der Waals surface area contributed by atoms with E-state index in [4.69, 9.17) is 0 Å². The van der Waals surface area contributed by atoms with Crippen molar-refractivity contribution in [2.75, 3.05) is 33.7 Å². The van der Waals surface area contributed by atoms with E-state index in [0.717, 1.165) is 26.1 Å². The second-order valence-corrected chi connectivity index (χ2v) is 4.23. The van der Waals surface area contributed by atoms with Crippen molar-refractivity contribution in [1.29, 1.82) is 0 Å². The van der Waals surface area contributed by atoms with E-state index in [1.54, 1.807) is 0 Å². The fourth-order valence-electron chi connectivity index (χ4n) is 1.32. The highest BCUT2D eigenvalue weighted by atomic mass is 16.1. The molecule has 0 atom stereocenters. The van der Waals surface area contributed by atoms with Crippen LogP contribution in [0, 0.1) is 0 Å². The Morgan fingerprint density at radius 3 is 2.53 bits per heavy atom. The molecular weight excluding hydrogens is 190 g/mol. The molecule has 0 spiro atoms. The molecule has 0 saturated heterocycles. The molecule has 0 fully saturated rings. The first-order chi connectivity index (χ1) is 7.06. The lowest BCUT2D eigenvalue weighted by Gasteiger charge is -2.16. The molecule has 2 N–H and O–H groups in total. The van der Waals surface area contributed by atoms with Gasteiger partial charge in [0.15, 0.2) is 0 Å². The van der Waals surface area contributed by atoms with Gasteiger partial charge >= 0.3 is 0 Å². The molecule has 0 aliphatic rings. The van der Waals surface area contributed by atoms with E-state index in [-0.39, 0.29) is 11.9 Å².